The summed E-state index contributed by atoms with van der Waals surface area (Å²) in [6.07, 6.45) is 2.38. The van der Waals surface area contributed by atoms with Crippen LogP contribution in [0.4, 0.5) is 0 Å². The molecule has 0 aromatic carbocycles. The Bertz CT molecular complexity index is 162. The molecule has 0 radical (unpaired) electrons. The maximum absolute atomic E-state index is 5.14. The molecule has 1 fully saturated rings. The van der Waals surface area contributed by atoms with Gasteiger partial charge in [-0.2, -0.15) is 0 Å². The molecule has 0 aromatic rings. The fraction of sp³-hybridized carbons (Fsp3) is 0.889. The Morgan fingerprint density at radius 2 is 2.25 bits per heavy atom. The highest BCUT2D eigenvalue weighted by atomic mass is 32.1. The summed E-state index contributed by atoms with van der Waals surface area (Å²) in [5, 5.41) is 7.35. The molecule has 2 N–H and O–H groups in total. The van der Waals surface area contributed by atoms with E-state index in [0.717, 1.165) is 17.5 Å². The lowest BCUT2D eigenvalue weighted by atomic mass is 10.3. The SMILES string of the molecule is CCC(C)NC(=S)N[C@@H]1C[C@H]1C. The first-order valence-electron chi connectivity index (χ1n) is 4.70. The second-order valence-electron chi connectivity index (χ2n) is 3.75. The Morgan fingerprint density at radius 1 is 1.67 bits per heavy atom. The third kappa shape index (κ3) is 2.97. The Kier molecular flexibility index (Phi) is 3.32. The molecule has 1 rings (SSSR count). The highest BCUT2D eigenvalue weighted by Crippen LogP contribution is 2.28. The summed E-state index contributed by atoms with van der Waals surface area (Å²) < 4.78 is 0. The normalized spacial score (nSPS) is 29.2. The van der Waals surface area contributed by atoms with E-state index in [4.69, 9.17) is 12.2 Å². The molecular formula is C9H18N2S. The van der Waals surface area contributed by atoms with E-state index in [1.54, 1.807) is 0 Å². The van der Waals surface area contributed by atoms with Crippen LogP contribution < -0.4 is 10.6 Å². The quantitative estimate of drug-likeness (QED) is 0.656. The first-order chi connectivity index (χ1) is 5.63. The zero-order valence-corrected chi connectivity index (χ0v) is 8.87. The molecule has 0 saturated heterocycles. The van der Waals surface area contributed by atoms with Gasteiger partial charge in [0.1, 0.15) is 0 Å². The predicted molar refractivity (Wildman–Crippen MR) is 56.2 cm³/mol. The van der Waals surface area contributed by atoms with E-state index in [0.29, 0.717) is 12.1 Å². The van der Waals surface area contributed by atoms with Gasteiger partial charge in [0.15, 0.2) is 5.11 Å². The van der Waals surface area contributed by atoms with Crippen molar-refractivity contribution in [1.29, 1.82) is 0 Å². The van der Waals surface area contributed by atoms with Gasteiger partial charge < -0.3 is 10.6 Å². The molecule has 70 valence electrons. The molecular weight excluding hydrogens is 168 g/mol. The first-order valence-corrected chi connectivity index (χ1v) is 5.11. The van der Waals surface area contributed by atoms with Crippen molar-refractivity contribution in [2.75, 3.05) is 0 Å². The topological polar surface area (TPSA) is 24.1 Å². The molecule has 0 bridgehead atoms. The molecule has 0 aliphatic heterocycles. The highest BCUT2D eigenvalue weighted by Gasteiger charge is 2.32. The molecule has 12 heavy (non-hydrogen) atoms. The van der Waals surface area contributed by atoms with Crippen LogP contribution in [-0.2, 0) is 0 Å². The van der Waals surface area contributed by atoms with Gasteiger partial charge in [-0.25, -0.2) is 0 Å². The van der Waals surface area contributed by atoms with E-state index in [-0.39, 0.29) is 0 Å². The minimum Gasteiger partial charge on any atom is -0.360 e. The Morgan fingerprint density at radius 3 is 2.67 bits per heavy atom. The van der Waals surface area contributed by atoms with Gasteiger partial charge in [0.2, 0.25) is 0 Å². The van der Waals surface area contributed by atoms with E-state index in [9.17, 15) is 0 Å². The minimum absolute atomic E-state index is 0.485. The number of hydrogen-bond donors (Lipinski definition) is 2. The summed E-state index contributed by atoms with van der Waals surface area (Å²) in [7, 11) is 0. The summed E-state index contributed by atoms with van der Waals surface area (Å²) in [4.78, 5) is 0. The largest absolute Gasteiger partial charge is 0.360 e. The molecule has 0 spiro atoms. The van der Waals surface area contributed by atoms with Gasteiger partial charge in [-0.15, -0.1) is 0 Å². The molecule has 0 amide bonds. The summed E-state index contributed by atoms with van der Waals surface area (Å²) in [5.74, 6) is 0.807. The molecule has 0 aromatic heterocycles. The van der Waals surface area contributed by atoms with Crippen LogP contribution >= 0.6 is 12.2 Å². The Labute approximate surface area is 80.1 Å². The smallest absolute Gasteiger partial charge is 0.166 e. The Hall–Kier alpha value is -0.310. The van der Waals surface area contributed by atoms with Crippen LogP contribution in [0.1, 0.15) is 33.6 Å². The van der Waals surface area contributed by atoms with Crippen LogP contribution in [0.2, 0.25) is 0 Å². The van der Waals surface area contributed by atoms with Gasteiger partial charge >= 0.3 is 0 Å². The predicted octanol–water partition coefficient (Wildman–Crippen LogP) is 1.66. The van der Waals surface area contributed by atoms with Crippen molar-refractivity contribution >= 4 is 17.3 Å². The van der Waals surface area contributed by atoms with Gasteiger partial charge in [-0.1, -0.05) is 13.8 Å². The lowest BCUT2D eigenvalue weighted by molar-refractivity contribution is 0.629. The molecule has 3 heteroatoms. The average molecular weight is 186 g/mol. The van der Waals surface area contributed by atoms with Crippen molar-refractivity contribution in [1.82, 2.24) is 10.6 Å². The maximum atomic E-state index is 5.14. The van der Waals surface area contributed by atoms with E-state index < -0.39 is 0 Å². The second kappa shape index (κ2) is 4.08. The van der Waals surface area contributed by atoms with Gasteiger partial charge in [-0.3, -0.25) is 0 Å². The summed E-state index contributed by atoms with van der Waals surface area (Å²) in [6, 6.07) is 1.12. The third-order valence-electron chi connectivity index (χ3n) is 2.42. The van der Waals surface area contributed by atoms with E-state index in [1.165, 1.54) is 6.42 Å². The first kappa shape index (κ1) is 9.78. The third-order valence-corrected chi connectivity index (χ3v) is 2.65. The Balaban J connectivity index is 2.12. The van der Waals surface area contributed by atoms with Gasteiger partial charge in [0.05, 0.1) is 0 Å². The van der Waals surface area contributed by atoms with Crippen LogP contribution in [0.5, 0.6) is 0 Å². The molecule has 2 nitrogen and oxygen atoms in total. The minimum atomic E-state index is 0.485. The van der Waals surface area contributed by atoms with Gasteiger partial charge in [-0.05, 0) is 37.9 Å². The molecule has 0 heterocycles. The average Bonchev–Trinajstić information content (AvgIpc) is 2.66. The van der Waals surface area contributed by atoms with Crippen LogP contribution in [0.3, 0.4) is 0 Å². The molecule has 3 atom stereocenters. The van der Waals surface area contributed by atoms with Crippen LogP contribution in [0.25, 0.3) is 0 Å². The summed E-state index contributed by atoms with van der Waals surface area (Å²) in [6.45, 7) is 6.54. The molecule has 1 aliphatic carbocycles. The molecule has 1 aliphatic rings. The van der Waals surface area contributed by atoms with E-state index >= 15 is 0 Å². The number of hydrogen-bond acceptors (Lipinski definition) is 1. The fourth-order valence-electron chi connectivity index (χ4n) is 1.06. The van der Waals surface area contributed by atoms with E-state index in [1.807, 2.05) is 0 Å². The monoisotopic (exact) mass is 186 g/mol. The summed E-state index contributed by atoms with van der Waals surface area (Å²) in [5.41, 5.74) is 0. The second-order valence-corrected chi connectivity index (χ2v) is 4.15. The van der Waals surface area contributed by atoms with Crippen LogP contribution in [-0.4, -0.2) is 17.2 Å². The number of thiocarbonyl (C=S) groups is 1. The number of nitrogens with one attached hydrogen (secondary N) is 2. The lowest BCUT2D eigenvalue weighted by Gasteiger charge is -2.14. The van der Waals surface area contributed by atoms with Crippen molar-refractivity contribution in [3.05, 3.63) is 0 Å². The highest BCUT2D eigenvalue weighted by molar-refractivity contribution is 7.80. The maximum Gasteiger partial charge on any atom is 0.166 e. The van der Waals surface area contributed by atoms with E-state index in [2.05, 4.69) is 31.4 Å². The van der Waals surface area contributed by atoms with Crippen molar-refractivity contribution in [2.45, 2.75) is 45.7 Å². The van der Waals surface area contributed by atoms with Crippen LogP contribution in [0, 0.1) is 5.92 Å². The fourth-order valence-corrected chi connectivity index (χ4v) is 1.41. The lowest BCUT2D eigenvalue weighted by Crippen LogP contribution is -2.41. The molecule has 1 unspecified atom stereocenters. The number of rotatable bonds is 3. The zero-order valence-electron chi connectivity index (χ0n) is 8.05. The van der Waals surface area contributed by atoms with Crippen molar-refractivity contribution in [3.8, 4) is 0 Å². The van der Waals surface area contributed by atoms with Gasteiger partial charge in [0, 0.05) is 12.1 Å². The standard InChI is InChI=1S/C9H18N2S/c1-4-7(3)10-9(12)11-8-5-6(8)2/h6-8H,4-5H2,1-3H3,(H2,10,11,12)/t6-,7?,8-/m1/s1. The van der Waals surface area contributed by atoms with Crippen molar-refractivity contribution in [3.63, 3.8) is 0 Å². The summed E-state index contributed by atoms with van der Waals surface area (Å²) >= 11 is 5.14. The van der Waals surface area contributed by atoms with Crippen LogP contribution in [0.15, 0.2) is 0 Å². The van der Waals surface area contributed by atoms with Crippen molar-refractivity contribution in [2.24, 2.45) is 5.92 Å². The molecule has 1 saturated carbocycles. The van der Waals surface area contributed by atoms with Gasteiger partial charge in [0.25, 0.3) is 0 Å². The zero-order chi connectivity index (χ0) is 9.14. The van der Waals surface area contributed by atoms with Crippen molar-refractivity contribution < 1.29 is 0 Å².